The average molecular weight is 268 g/mol. The third-order valence-corrected chi connectivity index (χ3v) is 3.51. The summed E-state index contributed by atoms with van der Waals surface area (Å²) in [5, 5.41) is 11.5. The first-order valence-corrected chi connectivity index (χ1v) is 6.45. The molecule has 0 bridgehead atoms. The number of likely N-dealkylation sites (tertiary alicyclic amines) is 1. The average Bonchev–Trinajstić information content (AvgIpc) is 2.25. The van der Waals surface area contributed by atoms with Gasteiger partial charge in [0.2, 0.25) is 0 Å². The van der Waals surface area contributed by atoms with E-state index in [1.54, 1.807) is 0 Å². The van der Waals surface area contributed by atoms with Gasteiger partial charge < -0.3 is 10.4 Å². The number of rotatable bonds is 5. The van der Waals surface area contributed by atoms with E-state index in [0.717, 1.165) is 13.0 Å². The molecule has 2 atom stereocenters. The molecular formula is C12H23F3N2O. The molecule has 18 heavy (non-hydrogen) atoms. The molecule has 0 aliphatic carbocycles. The van der Waals surface area contributed by atoms with Crippen LogP contribution < -0.4 is 5.32 Å². The zero-order chi connectivity index (χ0) is 13.8. The largest absolute Gasteiger partial charge is 0.401 e. The second-order valence-corrected chi connectivity index (χ2v) is 5.42. The number of nitrogens with one attached hydrogen (secondary N) is 1. The van der Waals surface area contributed by atoms with Crippen LogP contribution in [-0.4, -0.2) is 55.0 Å². The summed E-state index contributed by atoms with van der Waals surface area (Å²) in [4.78, 5) is 2.04. The Hall–Kier alpha value is -0.330. The molecule has 6 heteroatoms. The summed E-state index contributed by atoms with van der Waals surface area (Å²) in [6.07, 6.45) is -3.39. The normalized spacial score (nSPS) is 26.8. The van der Waals surface area contributed by atoms with E-state index < -0.39 is 12.7 Å². The summed E-state index contributed by atoms with van der Waals surface area (Å²) in [5.74, 6) is 0.831. The van der Waals surface area contributed by atoms with Crippen LogP contribution in [0.3, 0.4) is 0 Å². The molecule has 1 rings (SSSR count). The number of hydrogen-bond acceptors (Lipinski definition) is 3. The third-order valence-electron chi connectivity index (χ3n) is 3.51. The molecule has 0 aromatic heterocycles. The first-order valence-electron chi connectivity index (χ1n) is 6.45. The number of piperidine rings is 1. The maximum atomic E-state index is 12.2. The van der Waals surface area contributed by atoms with Crippen LogP contribution in [0.25, 0.3) is 0 Å². The zero-order valence-corrected chi connectivity index (χ0v) is 11.0. The summed E-state index contributed by atoms with van der Waals surface area (Å²) in [7, 11) is 0. The Morgan fingerprint density at radius 2 is 2.00 bits per heavy atom. The quantitative estimate of drug-likeness (QED) is 0.793. The first-order chi connectivity index (χ1) is 8.31. The molecule has 108 valence electrons. The minimum atomic E-state index is -4.16. The standard InChI is InChI=1S/C12H23F3N2O/c1-9(2)10-5-11(16-8-12(13,14)15)7-17(6-10)3-4-18/h9-11,16,18H,3-8H2,1-2H3. The molecule has 3 nitrogen and oxygen atoms in total. The maximum absolute atomic E-state index is 12.2. The van der Waals surface area contributed by atoms with Crippen molar-refractivity contribution in [3.63, 3.8) is 0 Å². The molecule has 1 saturated heterocycles. The minimum absolute atomic E-state index is 0.0524. The fourth-order valence-electron chi connectivity index (χ4n) is 2.45. The lowest BCUT2D eigenvalue weighted by Gasteiger charge is -2.39. The van der Waals surface area contributed by atoms with Crippen molar-refractivity contribution < 1.29 is 18.3 Å². The molecule has 1 aliphatic rings. The molecular weight excluding hydrogens is 245 g/mol. The van der Waals surface area contributed by atoms with E-state index in [-0.39, 0.29) is 12.6 Å². The molecule has 0 amide bonds. The summed E-state index contributed by atoms with van der Waals surface area (Å²) in [5.41, 5.74) is 0. The lowest BCUT2D eigenvalue weighted by molar-refractivity contribution is -0.127. The van der Waals surface area contributed by atoms with Gasteiger partial charge in [-0.15, -0.1) is 0 Å². The highest BCUT2D eigenvalue weighted by Crippen LogP contribution is 2.24. The van der Waals surface area contributed by atoms with Crippen LogP contribution in [-0.2, 0) is 0 Å². The lowest BCUT2D eigenvalue weighted by Crippen LogP contribution is -2.52. The van der Waals surface area contributed by atoms with Crippen molar-refractivity contribution in [1.29, 1.82) is 0 Å². The van der Waals surface area contributed by atoms with Crippen molar-refractivity contribution in [3.8, 4) is 0 Å². The number of aliphatic hydroxyl groups is 1. The highest BCUT2D eigenvalue weighted by atomic mass is 19.4. The van der Waals surface area contributed by atoms with Gasteiger partial charge in [-0.25, -0.2) is 0 Å². The van der Waals surface area contributed by atoms with Crippen LogP contribution in [0, 0.1) is 11.8 Å². The molecule has 0 aromatic carbocycles. The number of hydrogen-bond donors (Lipinski definition) is 2. The molecule has 1 aliphatic heterocycles. The van der Waals surface area contributed by atoms with Crippen molar-refractivity contribution in [2.24, 2.45) is 11.8 Å². The minimum Gasteiger partial charge on any atom is -0.395 e. The fourth-order valence-corrected chi connectivity index (χ4v) is 2.45. The number of nitrogens with zero attached hydrogens (tertiary/aromatic N) is 1. The number of aliphatic hydroxyl groups excluding tert-OH is 1. The Labute approximate surface area is 106 Å². The first kappa shape index (κ1) is 15.7. The van der Waals surface area contributed by atoms with E-state index in [1.165, 1.54) is 0 Å². The van der Waals surface area contributed by atoms with Gasteiger partial charge in [-0.2, -0.15) is 13.2 Å². The highest BCUT2D eigenvalue weighted by molar-refractivity contribution is 4.85. The van der Waals surface area contributed by atoms with Gasteiger partial charge in [0.25, 0.3) is 0 Å². The number of β-amino-alcohol motifs (C(OH)–C–C–N with tert-alkyl or cyclic N) is 1. The molecule has 0 aromatic rings. The van der Waals surface area contributed by atoms with E-state index in [2.05, 4.69) is 19.2 Å². The van der Waals surface area contributed by atoms with Gasteiger partial charge in [-0.1, -0.05) is 13.8 Å². The van der Waals surface area contributed by atoms with E-state index in [9.17, 15) is 13.2 Å². The van der Waals surface area contributed by atoms with Crippen LogP contribution in [0.15, 0.2) is 0 Å². The Balaban J connectivity index is 2.50. The smallest absolute Gasteiger partial charge is 0.395 e. The Bertz CT molecular complexity index is 246. The molecule has 1 fully saturated rings. The number of halogens is 3. The molecule has 1 heterocycles. The Kier molecular flexibility index (Phi) is 5.88. The van der Waals surface area contributed by atoms with Crippen molar-refractivity contribution in [2.45, 2.75) is 32.5 Å². The van der Waals surface area contributed by atoms with Crippen molar-refractivity contribution in [3.05, 3.63) is 0 Å². The van der Waals surface area contributed by atoms with Gasteiger partial charge in [0.1, 0.15) is 0 Å². The fraction of sp³-hybridized carbons (Fsp3) is 1.00. The summed E-state index contributed by atoms with van der Waals surface area (Å²) >= 11 is 0. The van der Waals surface area contributed by atoms with Gasteiger partial charge in [-0.05, 0) is 18.3 Å². The third kappa shape index (κ3) is 5.54. The van der Waals surface area contributed by atoms with E-state index in [1.807, 2.05) is 4.90 Å². The van der Waals surface area contributed by atoms with Crippen LogP contribution in [0.2, 0.25) is 0 Å². The van der Waals surface area contributed by atoms with Gasteiger partial charge in [0.05, 0.1) is 13.2 Å². The summed E-state index contributed by atoms with van der Waals surface area (Å²) < 4.78 is 36.6. The second-order valence-electron chi connectivity index (χ2n) is 5.42. The van der Waals surface area contributed by atoms with Crippen LogP contribution in [0.4, 0.5) is 13.2 Å². The van der Waals surface area contributed by atoms with Crippen LogP contribution in [0.5, 0.6) is 0 Å². The number of alkyl halides is 3. The topological polar surface area (TPSA) is 35.5 Å². The van der Waals surface area contributed by atoms with Crippen LogP contribution >= 0.6 is 0 Å². The second kappa shape index (κ2) is 6.73. The van der Waals surface area contributed by atoms with Crippen molar-refractivity contribution >= 4 is 0 Å². The predicted molar refractivity (Wildman–Crippen MR) is 64.3 cm³/mol. The van der Waals surface area contributed by atoms with Gasteiger partial charge in [0.15, 0.2) is 0 Å². The monoisotopic (exact) mass is 268 g/mol. The maximum Gasteiger partial charge on any atom is 0.401 e. The van der Waals surface area contributed by atoms with E-state index in [0.29, 0.717) is 24.9 Å². The molecule has 2 unspecified atom stereocenters. The molecule has 0 spiro atoms. The van der Waals surface area contributed by atoms with Crippen LogP contribution in [0.1, 0.15) is 20.3 Å². The van der Waals surface area contributed by atoms with Gasteiger partial charge in [0, 0.05) is 25.7 Å². The van der Waals surface area contributed by atoms with Gasteiger partial charge >= 0.3 is 6.18 Å². The van der Waals surface area contributed by atoms with Crippen molar-refractivity contribution in [1.82, 2.24) is 10.2 Å². The Morgan fingerprint density at radius 3 is 2.50 bits per heavy atom. The molecule has 0 radical (unpaired) electrons. The van der Waals surface area contributed by atoms with Gasteiger partial charge in [-0.3, -0.25) is 4.90 Å². The van der Waals surface area contributed by atoms with Crippen molar-refractivity contribution in [2.75, 3.05) is 32.8 Å². The van der Waals surface area contributed by atoms with E-state index in [4.69, 9.17) is 5.11 Å². The summed E-state index contributed by atoms with van der Waals surface area (Å²) in [6.45, 7) is 5.28. The molecule has 0 saturated carbocycles. The SMILES string of the molecule is CC(C)C1CC(NCC(F)(F)F)CN(CCO)C1. The molecule has 2 N–H and O–H groups in total. The Morgan fingerprint density at radius 1 is 1.33 bits per heavy atom. The predicted octanol–water partition coefficient (Wildman–Crippen LogP) is 1.48. The zero-order valence-electron chi connectivity index (χ0n) is 11.0. The summed E-state index contributed by atoms with van der Waals surface area (Å²) in [6, 6.07) is -0.140. The lowest BCUT2D eigenvalue weighted by atomic mass is 9.85. The highest BCUT2D eigenvalue weighted by Gasteiger charge is 2.32. The van der Waals surface area contributed by atoms with E-state index >= 15 is 0 Å².